The van der Waals surface area contributed by atoms with Crippen molar-refractivity contribution in [1.29, 1.82) is 0 Å². The van der Waals surface area contributed by atoms with E-state index >= 15 is 0 Å². The Balaban J connectivity index is 2.71. The zero-order chi connectivity index (χ0) is 11.7. The molecule has 0 unspecified atom stereocenters. The van der Waals surface area contributed by atoms with Gasteiger partial charge < -0.3 is 4.57 Å². The fraction of sp³-hybridized carbons (Fsp3) is 0.231. The van der Waals surface area contributed by atoms with Crippen molar-refractivity contribution < 1.29 is 4.79 Å². The second kappa shape index (κ2) is 3.93. The minimum Gasteiger partial charge on any atom is -0.302 e. The zero-order valence-electron chi connectivity index (χ0n) is 9.69. The topological polar surface area (TPSA) is 34.9 Å². The van der Waals surface area contributed by atoms with Crippen LogP contribution in [0.1, 0.15) is 27.3 Å². The van der Waals surface area contributed by atoms with E-state index in [1.807, 2.05) is 43.5 Å². The van der Waals surface area contributed by atoms with Crippen molar-refractivity contribution in [1.82, 2.24) is 9.55 Å². The first-order valence-electron chi connectivity index (χ1n) is 5.22. The van der Waals surface area contributed by atoms with E-state index < -0.39 is 0 Å². The van der Waals surface area contributed by atoms with Gasteiger partial charge in [-0.05, 0) is 38.5 Å². The van der Waals surface area contributed by atoms with Gasteiger partial charge in [0.05, 0.1) is 0 Å². The maximum atomic E-state index is 11.0. The number of aromatic nitrogens is 2. The number of hydrogen-bond acceptors (Lipinski definition) is 2. The Kier molecular flexibility index (Phi) is 2.60. The molecule has 0 fully saturated rings. The Morgan fingerprint density at radius 2 is 1.94 bits per heavy atom. The molecule has 0 radical (unpaired) electrons. The third kappa shape index (κ3) is 1.45. The Morgan fingerprint density at radius 1 is 1.19 bits per heavy atom. The van der Waals surface area contributed by atoms with E-state index in [0.29, 0.717) is 0 Å². The number of hydrogen-bond donors (Lipinski definition) is 0. The van der Waals surface area contributed by atoms with Crippen LogP contribution < -0.4 is 0 Å². The molecule has 0 saturated carbocycles. The maximum Gasteiger partial charge on any atom is 0.152 e. The molecular weight excluding hydrogens is 200 g/mol. The Bertz CT molecular complexity index is 527. The van der Waals surface area contributed by atoms with E-state index in [1.54, 1.807) is 6.20 Å². The summed E-state index contributed by atoms with van der Waals surface area (Å²) < 4.78 is 2.01. The van der Waals surface area contributed by atoms with Crippen LogP contribution in [0.25, 0.3) is 5.82 Å². The molecule has 0 aliphatic heterocycles. The standard InChI is InChI=1S/C13H14N2O/c1-9-10(2)15(11(3)12(9)8-16)13-6-4-5-7-14-13/h4-8H,1-3H3. The van der Waals surface area contributed by atoms with Gasteiger partial charge in [-0.15, -0.1) is 0 Å². The molecule has 2 aromatic rings. The summed E-state index contributed by atoms with van der Waals surface area (Å²) in [5.74, 6) is 0.855. The first-order valence-corrected chi connectivity index (χ1v) is 5.22. The molecule has 2 rings (SSSR count). The molecule has 2 heterocycles. The number of pyridine rings is 1. The van der Waals surface area contributed by atoms with Gasteiger partial charge in [0.1, 0.15) is 5.82 Å². The highest BCUT2D eigenvalue weighted by Crippen LogP contribution is 2.22. The van der Waals surface area contributed by atoms with Crippen LogP contribution in [-0.4, -0.2) is 15.8 Å². The first kappa shape index (κ1) is 10.6. The van der Waals surface area contributed by atoms with Crippen LogP contribution >= 0.6 is 0 Å². The minimum atomic E-state index is 0.767. The summed E-state index contributed by atoms with van der Waals surface area (Å²) in [5, 5.41) is 0. The van der Waals surface area contributed by atoms with Crippen molar-refractivity contribution in [3.05, 3.63) is 46.9 Å². The third-order valence-corrected chi connectivity index (χ3v) is 3.00. The van der Waals surface area contributed by atoms with Crippen molar-refractivity contribution in [2.45, 2.75) is 20.8 Å². The van der Waals surface area contributed by atoms with E-state index in [0.717, 1.165) is 34.6 Å². The van der Waals surface area contributed by atoms with Crippen molar-refractivity contribution in [2.75, 3.05) is 0 Å². The van der Waals surface area contributed by atoms with Crippen molar-refractivity contribution in [2.24, 2.45) is 0 Å². The lowest BCUT2D eigenvalue weighted by atomic mass is 10.1. The fourth-order valence-electron chi connectivity index (χ4n) is 2.01. The number of carbonyl (C=O) groups excluding carboxylic acids is 1. The smallest absolute Gasteiger partial charge is 0.152 e. The molecule has 0 saturated heterocycles. The van der Waals surface area contributed by atoms with Gasteiger partial charge in [0.2, 0.25) is 0 Å². The van der Waals surface area contributed by atoms with Gasteiger partial charge in [-0.1, -0.05) is 6.07 Å². The average molecular weight is 214 g/mol. The molecule has 2 aromatic heterocycles. The van der Waals surface area contributed by atoms with E-state index in [1.165, 1.54) is 0 Å². The molecule has 0 amide bonds. The predicted molar refractivity (Wildman–Crippen MR) is 63.2 cm³/mol. The second-order valence-corrected chi connectivity index (χ2v) is 3.85. The normalized spacial score (nSPS) is 10.4. The lowest BCUT2D eigenvalue weighted by molar-refractivity contribution is 0.112. The lowest BCUT2D eigenvalue weighted by Gasteiger charge is -2.07. The molecule has 0 spiro atoms. The van der Waals surface area contributed by atoms with Crippen LogP contribution in [0.3, 0.4) is 0 Å². The summed E-state index contributed by atoms with van der Waals surface area (Å²) in [6.45, 7) is 5.91. The van der Waals surface area contributed by atoms with E-state index in [4.69, 9.17) is 0 Å². The fourth-order valence-corrected chi connectivity index (χ4v) is 2.01. The number of nitrogens with zero attached hydrogens (tertiary/aromatic N) is 2. The molecule has 0 aliphatic carbocycles. The summed E-state index contributed by atoms with van der Waals surface area (Å²) in [4.78, 5) is 15.3. The summed E-state index contributed by atoms with van der Waals surface area (Å²) in [6.07, 6.45) is 2.67. The number of carbonyl (C=O) groups is 1. The molecule has 16 heavy (non-hydrogen) atoms. The van der Waals surface area contributed by atoms with E-state index in [2.05, 4.69) is 4.98 Å². The number of aldehydes is 1. The Morgan fingerprint density at radius 3 is 2.44 bits per heavy atom. The Labute approximate surface area is 94.7 Å². The highest BCUT2D eigenvalue weighted by Gasteiger charge is 2.15. The van der Waals surface area contributed by atoms with Crippen molar-refractivity contribution in [3.63, 3.8) is 0 Å². The van der Waals surface area contributed by atoms with Crippen LogP contribution in [0.2, 0.25) is 0 Å². The molecule has 0 N–H and O–H groups in total. The van der Waals surface area contributed by atoms with Gasteiger partial charge in [-0.2, -0.15) is 0 Å². The first-order chi connectivity index (χ1) is 7.66. The summed E-state index contributed by atoms with van der Waals surface area (Å²) in [7, 11) is 0. The zero-order valence-corrected chi connectivity index (χ0v) is 9.69. The van der Waals surface area contributed by atoms with Crippen molar-refractivity contribution in [3.8, 4) is 5.82 Å². The van der Waals surface area contributed by atoms with E-state index in [-0.39, 0.29) is 0 Å². The second-order valence-electron chi connectivity index (χ2n) is 3.85. The van der Waals surface area contributed by atoms with Crippen molar-refractivity contribution >= 4 is 6.29 Å². The molecule has 0 aromatic carbocycles. The SMILES string of the molecule is Cc1c(C=O)c(C)n(-c2ccccn2)c1C. The highest BCUT2D eigenvalue weighted by molar-refractivity contribution is 5.80. The number of rotatable bonds is 2. The van der Waals surface area contributed by atoms with Crippen LogP contribution in [0, 0.1) is 20.8 Å². The predicted octanol–water partition coefficient (Wildman–Crippen LogP) is 2.61. The van der Waals surface area contributed by atoms with Gasteiger partial charge in [0.25, 0.3) is 0 Å². The summed E-state index contributed by atoms with van der Waals surface area (Å²) in [5.41, 5.74) is 3.81. The van der Waals surface area contributed by atoms with Gasteiger partial charge in [-0.3, -0.25) is 4.79 Å². The highest BCUT2D eigenvalue weighted by atomic mass is 16.1. The Hall–Kier alpha value is -1.90. The third-order valence-electron chi connectivity index (χ3n) is 3.00. The largest absolute Gasteiger partial charge is 0.302 e. The van der Waals surface area contributed by atoms with Gasteiger partial charge in [0.15, 0.2) is 6.29 Å². The molecule has 0 aliphatic rings. The summed E-state index contributed by atoms with van der Waals surface area (Å²) in [6, 6.07) is 5.76. The summed E-state index contributed by atoms with van der Waals surface area (Å²) >= 11 is 0. The van der Waals surface area contributed by atoms with Crippen LogP contribution in [0.4, 0.5) is 0 Å². The maximum absolute atomic E-state index is 11.0. The lowest BCUT2D eigenvalue weighted by Crippen LogP contribution is -2.01. The van der Waals surface area contributed by atoms with Gasteiger partial charge in [-0.25, -0.2) is 4.98 Å². The molecule has 3 nitrogen and oxygen atoms in total. The van der Waals surface area contributed by atoms with Gasteiger partial charge in [0, 0.05) is 23.1 Å². The molecular formula is C13H14N2O. The molecule has 3 heteroatoms. The molecule has 0 bridgehead atoms. The van der Waals surface area contributed by atoms with Crippen LogP contribution in [0.5, 0.6) is 0 Å². The van der Waals surface area contributed by atoms with E-state index in [9.17, 15) is 4.79 Å². The van der Waals surface area contributed by atoms with Gasteiger partial charge >= 0.3 is 0 Å². The van der Waals surface area contributed by atoms with Crippen LogP contribution in [0.15, 0.2) is 24.4 Å². The van der Waals surface area contributed by atoms with Crippen LogP contribution in [-0.2, 0) is 0 Å². The monoisotopic (exact) mass is 214 g/mol. The quantitative estimate of drug-likeness (QED) is 0.720. The average Bonchev–Trinajstić information content (AvgIpc) is 2.51. The minimum absolute atomic E-state index is 0.767. The molecule has 0 atom stereocenters. The molecule has 82 valence electrons.